The smallest absolute Gasteiger partial charge is 0.379 e. The van der Waals surface area contributed by atoms with Gasteiger partial charge in [-0.25, -0.2) is 4.79 Å². The Morgan fingerprint density at radius 3 is 2.75 bits per heavy atom. The average molecular weight is 245 g/mol. The van der Waals surface area contributed by atoms with Crippen molar-refractivity contribution >= 4 is 23.1 Å². The third kappa shape index (κ3) is 1.59. The molecule has 16 heavy (non-hydrogen) atoms. The van der Waals surface area contributed by atoms with Crippen LogP contribution in [-0.4, -0.2) is 17.0 Å². The third-order valence-corrected chi connectivity index (χ3v) is 2.73. The van der Waals surface area contributed by atoms with E-state index < -0.39 is 17.5 Å². The van der Waals surface area contributed by atoms with Crippen LogP contribution in [0.15, 0.2) is 24.3 Å². The highest BCUT2D eigenvalue weighted by atomic mass is 35.5. The molecule has 1 aliphatic rings. The second-order valence-electron chi connectivity index (χ2n) is 3.50. The molecule has 1 aliphatic carbocycles. The highest BCUT2D eigenvalue weighted by molar-refractivity contribution is 6.30. The molecule has 0 unspecified atom stereocenters. The molecule has 2 nitrogen and oxygen atoms in total. The molecule has 1 aromatic rings. The summed E-state index contributed by atoms with van der Waals surface area (Å²) in [6.45, 7) is 0. The fraction of sp³-hybridized carbons (Fsp3) is 0.182. The van der Waals surface area contributed by atoms with Gasteiger partial charge >= 0.3 is 11.9 Å². The van der Waals surface area contributed by atoms with Crippen LogP contribution in [0.25, 0.3) is 5.57 Å². The SMILES string of the molecule is O=C(O)C(F)(F)C1=CCc2ccc(Cl)cc21. The van der Waals surface area contributed by atoms with Gasteiger partial charge < -0.3 is 5.11 Å². The maximum atomic E-state index is 13.4. The molecule has 0 amide bonds. The summed E-state index contributed by atoms with van der Waals surface area (Å²) in [6, 6.07) is 4.59. The normalized spacial score (nSPS) is 14.6. The average Bonchev–Trinajstić information content (AvgIpc) is 2.60. The first kappa shape index (κ1) is 11.1. The lowest BCUT2D eigenvalue weighted by Crippen LogP contribution is -2.29. The van der Waals surface area contributed by atoms with Crippen LogP contribution >= 0.6 is 11.6 Å². The van der Waals surface area contributed by atoms with Crippen LogP contribution in [0.5, 0.6) is 0 Å². The second-order valence-corrected chi connectivity index (χ2v) is 3.94. The summed E-state index contributed by atoms with van der Waals surface area (Å²) in [6.07, 6.45) is 1.54. The fourth-order valence-electron chi connectivity index (χ4n) is 1.71. The Hall–Kier alpha value is -1.42. The maximum absolute atomic E-state index is 13.4. The number of aliphatic carboxylic acids is 1. The molecule has 0 heterocycles. The van der Waals surface area contributed by atoms with Crippen molar-refractivity contribution < 1.29 is 18.7 Å². The van der Waals surface area contributed by atoms with E-state index in [1.807, 2.05) is 0 Å². The van der Waals surface area contributed by atoms with E-state index in [9.17, 15) is 13.6 Å². The van der Waals surface area contributed by atoms with Gasteiger partial charge in [-0.1, -0.05) is 23.7 Å². The van der Waals surface area contributed by atoms with Crippen molar-refractivity contribution in [2.45, 2.75) is 12.3 Å². The molecule has 0 aromatic heterocycles. The molecule has 0 atom stereocenters. The first-order valence-electron chi connectivity index (χ1n) is 4.53. The van der Waals surface area contributed by atoms with Gasteiger partial charge in [0.15, 0.2) is 0 Å². The Morgan fingerprint density at radius 2 is 2.12 bits per heavy atom. The van der Waals surface area contributed by atoms with Crippen LogP contribution in [0.3, 0.4) is 0 Å². The lowest BCUT2D eigenvalue weighted by atomic mass is 10.0. The lowest BCUT2D eigenvalue weighted by Gasteiger charge is -2.14. The number of carboxylic acids is 1. The van der Waals surface area contributed by atoms with Crippen LogP contribution < -0.4 is 0 Å². The number of carboxylic acid groups (broad SMARTS) is 1. The predicted octanol–water partition coefficient (Wildman–Crippen LogP) is 3.00. The molecule has 0 aliphatic heterocycles. The van der Waals surface area contributed by atoms with Gasteiger partial charge in [-0.3, -0.25) is 0 Å². The Kier molecular flexibility index (Phi) is 2.46. The summed E-state index contributed by atoms with van der Waals surface area (Å²) in [5, 5.41) is 8.79. The number of rotatable bonds is 2. The highest BCUT2D eigenvalue weighted by Crippen LogP contribution is 2.39. The molecule has 2 rings (SSSR count). The predicted molar refractivity (Wildman–Crippen MR) is 55.7 cm³/mol. The summed E-state index contributed by atoms with van der Waals surface area (Å²) in [4.78, 5) is 10.5. The Bertz CT molecular complexity index is 495. The molecule has 0 bridgehead atoms. The van der Waals surface area contributed by atoms with Gasteiger partial charge in [0.2, 0.25) is 0 Å². The monoisotopic (exact) mass is 244 g/mol. The van der Waals surface area contributed by atoms with Crippen molar-refractivity contribution in [2.24, 2.45) is 0 Å². The highest BCUT2D eigenvalue weighted by Gasteiger charge is 2.45. The van der Waals surface area contributed by atoms with Crippen LogP contribution in [0.4, 0.5) is 8.78 Å². The quantitative estimate of drug-likeness (QED) is 0.868. The largest absolute Gasteiger partial charge is 0.477 e. The second kappa shape index (κ2) is 3.56. The first-order valence-corrected chi connectivity index (χ1v) is 4.91. The van der Waals surface area contributed by atoms with E-state index in [0.717, 1.165) is 0 Å². The minimum Gasteiger partial charge on any atom is -0.477 e. The number of allylic oxidation sites excluding steroid dienone is 1. The van der Waals surface area contributed by atoms with Gasteiger partial charge in [0.25, 0.3) is 0 Å². The molecule has 0 saturated heterocycles. The summed E-state index contributed by atoms with van der Waals surface area (Å²) in [5.74, 6) is -6.01. The van der Waals surface area contributed by atoms with Gasteiger partial charge in [-0.05, 0) is 29.7 Å². The summed E-state index contributed by atoms with van der Waals surface area (Å²) < 4.78 is 26.7. The molecule has 1 N–H and O–H groups in total. The van der Waals surface area contributed by atoms with E-state index in [2.05, 4.69) is 0 Å². The number of fused-ring (bicyclic) bond motifs is 1. The molecular weight excluding hydrogens is 238 g/mol. The topological polar surface area (TPSA) is 37.3 Å². The standard InChI is InChI=1S/C11H7ClF2O2/c12-7-3-1-6-2-4-9(8(6)5-7)11(13,14)10(15)16/h1,3-5H,2H2,(H,15,16). The van der Waals surface area contributed by atoms with Gasteiger partial charge in [0, 0.05) is 10.6 Å². The minimum atomic E-state index is -3.87. The van der Waals surface area contributed by atoms with E-state index >= 15 is 0 Å². The molecule has 5 heteroatoms. The molecule has 0 spiro atoms. The zero-order valence-electron chi connectivity index (χ0n) is 8.01. The zero-order valence-corrected chi connectivity index (χ0v) is 8.76. The van der Waals surface area contributed by atoms with Crippen molar-refractivity contribution in [1.29, 1.82) is 0 Å². The number of alkyl halides is 2. The Morgan fingerprint density at radius 1 is 1.44 bits per heavy atom. The van der Waals surface area contributed by atoms with Crippen molar-refractivity contribution in [3.05, 3.63) is 40.4 Å². The van der Waals surface area contributed by atoms with Crippen LogP contribution in [0.1, 0.15) is 11.1 Å². The number of halogens is 3. The Labute approximate surface area is 95.2 Å². The lowest BCUT2D eigenvalue weighted by molar-refractivity contribution is -0.156. The molecule has 0 fully saturated rings. The van der Waals surface area contributed by atoms with Crippen LogP contribution in [-0.2, 0) is 11.2 Å². The van der Waals surface area contributed by atoms with Gasteiger partial charge in [-0.2, -0.15) is 8.78 Å². The van der Waals surface area contributed by atoms with Crippen LogP contribution in [0.2, 0.25) is 5.02 Å². The van der Waals surface area contributed by atoms with Crippen LogP contribution in [0, 0.1) is 0 Å². The van der Waals surface area contributed by atoms with Gasteiger partial charge in [-0.15, -0.1) is 0 Å². The fourth-order valence-corrected chi connectivity index (χ4v) is 1.88. The van der Waals surface area contributed by atoms with E-state index in [1.54, 1.807) is 12.1 Å². The maximum Gasteiger partial charge on any atom is 0.379 e. The first-order chi connectivity index (χ1) is 7.43. The zero-order chi connectivity index (χ0) is 11.9. The van der Waals surface area contributed by atoms with E-state index in [0.29, 0.717) is 17.0 Å². The molecule has 1 aromatic carbocycles. The molecule has 84 valence electrons. The number of benzene rings is 1. The van der Waals surface area contributed by atoms with Crippen molar-refractivity contribution in [3.63, 3.8) is 0 Å². The Balaban J connectivity index is 2.50. The molecular formula is C11H7ClF2O2. The van der Waals surface area contributed by atoms with E-state index in [1.165, 1.54) is 12.1 Å². The summed E-state index contributed by atoms with van der Waals surface area (Å²) in [5.41, 5.74) is 0.415. The van der Waals surface area contributed by atoms with Crippen molar-refractivity contribution in [1.82, 2.24) is 0 Å². The molecule has 0 saturated carbocycles. The van der Waals surface area contributed by atoms with E-state index in [-0.39, 0.29) is 5.56 Å². The number of hydrogen-bond donors (Lipinski definition) is 1. The summed E-state index contributed by atoms with van der Waals surface area (Å²) in [7, 11) is 0. The van der Waals surface area contributed by atoms with Gasteiger partial charge in [0.1, 0.15) is 0 Å². The molecule has 0 radical (unpaired) electrons. The summed E-state index contributed by atoms with van der Waals surface area (Å²) >= 11 is 5.70. The van der Waals surface area contributed by atoms with Crippen molar-refractivity contribution in [2.75, 3.05) is 0 Å². The van der Waals surface area contributed by atoms with E-state index in [4.69, 9.17) is 16.7 Å². The number of carbonyl (C=O) groups is 1. The third-order valence-electron chi connectivity index (χ3n) is 2.50. The van der Waals surface area contributed by atoms with Gasteiger partial charge in [0.05, 0.1) is 0 Å². The number of hydrogen-bond acceptors (Lipinski definition) is 1. The van der Waals surface area contributed by atoms with Crippen molar-refractivity contribution in [3.8, 4) is 0 Å². The minimum absolute atomic E-state index is 0.222.